The predicted molar refractivity (Wildman–Crippen MR) is 81.0 cm³/mol. The van der Waals surface area contributed by atoms with Crippen LogP contribution in [-0.4, -0.2) is 12.6 Å². The van der Waals surface area contributed by atoms with E-state index in [1.807, 2.05) is 0 Å². The number of nitrogen functional groups attached to an aromatic ring is 1. The van der Waals surface area contributed by atoms with Crippen LogP contribution in [0.15, 0.2) is 46.9 Å². The summed E-state index contributed by atoms with van der Waals surface area (Å²) in [6, 6.07) is 12.1. The lowest BCUT2D eigenvalue weighted by Crippen LogP contribution is -2.04. The van der Waals surface area contributed by atoms with Crippen molar-refractivity contribution >= 4 is 27.6 Å². The Kier molecular flexibility index (Phi) is 4.63. The molecule has 0 spiro atoms. The summed E-state index contributed by atoms with van der Waals surface area (Å²) in [5.41, 5.74) is 6.77. The van der Waals surface area contributed by atoms with E-state index in [-0.39, 0.29) is 5.97 Å². The number of esters is 1. The van der Waals surface area contributed by atoms with Crippen molar-refractivity contribution in [2.24, 2.45) is 0 Å². The number of carbonyl (C=O) groups excluding carboxylic acids is 1. The Labute approximate surface area is 125 Å². The van der Waals surface area contributed by atoms with E-state index in [1.54, 1.807) is 49.4 Å². The van der Waals surface area contributed by atoms with Gasteiger partial charge in [-0.15, -0.1) is 0 Å². The monoisotopic (exact) mass is 335 g/mol. The standard InChI is InChI=1S/C15H14BrNO3/c1-2-19-15(18)10-4-3-5-12(8-10)20-14-7-6-11(17)9-13(14)16/h3-9H,2,17H2,1H3. The number of anilines is 1. The molecule has 0 atom stereocenters. The van der Waals surface area contributed by atoms with E-state index in [9.17, 15) is 4.79 Å². The maximum absolute atomic E-state index is 11.7. The molecule has 2 aromatic carbocycles. The predicted octanol–water partition coefficient (Wildman–Crippen LogP) is 4.00. The number of hydrogen-bond acceptors (Lipinski definition) is 4. The van der Waals surface area contributed by atoms with Crippen LogP contribution in [-0.2, 0) is 4.74 Å². The Bertz CT molecular complexity index is 628. The molecule has 2 N–H and O–H groups in total. The SMILES string of the molecule is CCOC(=O)c1cccc(Oc2ccc(N)cc2Br)c1. The van der Waals surface area contributed by atoms with Crippen molar-refractivity contribution in [3.8, 4) is 11.5 Å². The maximum Gasteiger partial charge on any atom is 0.338 e. The Hall–Kier alpha value is -2.01. The number of nitrogens with two attached hydrogens (primary N) is 1. The number of ether oxygens (including phenoxy) is 2. The van der Waals surface area contributed by atoms with Crippen LogP contribution in [0.2, 0.25) is 0 Å². The van der Waals surface area contributed by atoms with Crippen molar-refractivity contribution in [3.05, 3.63) is 52.5 Å². The van der Waals surface area contributed by atoms with Crippen LogP contribution in [0.25, 0.3) is 0 Å². The van der Waals surface area contributed by atoms with Crippen molar-refractivity contribution < 1.29 is 14.3 Å². The summed E-state index contributed by atoms with van der Waals surface area (Å²) in [5, 5.41) is 0. The average Bonchev–Trinajstić information content (AvgIpc) is 2.43. The Balaban J connectivity index is 2.21. The highest BCUT2D eigenvalue weighted by molar-refractivity contribution is 9.10. The topological polar surface area (TPSA) is 61.5 Å². The van der Waals surface area contributed by atoms with Gasteiger partial charge >= 0.3 is 5.97 Å². The van der Waals surface area contributed by atoms with E-state index in [2.05, 4.69) is 15.9 Å². The zero-order chi connectivity index (χ0) is 14.5. The Morgan fingerprint density at radius 2 is 2.05 bits per heavy atom. The third-order valence-corrected chi connectivity index (χ3v) is 3.15. The Morgan fingerprint density at radius 1 is 1.25 bits per heavy atom. The molecular weight excluding hydrogens is 322 g/mol. The Morgan fingerprint density at radius 3 is 2.75 bits per heavy atom. The molecule has 5 heteroatoms. The number of carbonyl (C=O) groups is 1. The minimum absolute atomic E-state index is 0.341. The third kappa shape index (κ3) is 3.51. The van der Waals surface area contributed by atoms with Gasteiger partial charge < -0.3 is 15.2 Å². The summed E-state index contributed by atoms with van der Waals surface area (Å²) >= 11 is 3.38. The first-order valence-electron chi connectivity index (χ1n) is 6.10. The minimum atomic E-state index is -0.366. The van der Waals surface area contributed by atoms with Gasteiger partial charge in [0, 0.05) is 5.69 Å². The first kappa shape index (κ1) is 14.4. The van der Waals surface area contributed by atoms with E-state index in [0.29, 0.717) is 29.4 Å². The van der Waals surface area contributed by atoms with Crippen LogP contribution in [0.4, 0.5) is 5.69 Å². The molecule has 0 saturated heterocycles. The molecule has 0 aromatic heterocycles. The lowest BCUT2D eigenvalue weighted by atomic mass is 10.2. The van der Waals surface area contributed by atoms with Crippen LogP contribution in [0.3, 0.4) is 0 Å². The molecule has 0 fully saturated rings. The second-order valence-electron chi connectivity index (χ2n) is 4.04. The molecule has 0 aliphatic heterocycles. The number of halogens is 1. The highest BCUT2D eigenvalue weighted by Crippen LogP contribution is 2.31. The molecular formula is C15H14BrNO3. The summed E-state index contributed by atoms with van der Waals surface area (Å²) in [4.78, 5) is 11.7. The molecule has 0 saturated carbocycles. The fraction of sp³-hybridized carbons (Fsp3) is 0.133. The van der Waals surface area contributed by atoms with Gasteiger partial charge in [-0.2, -0.15) is 0 Å². The molecule has 2 rings (SSSR count). The van der Waals surface area contributed by atoms with E-state index < -0.39 is 0 Å². The van der Waals surface area contributed by atoms with Gasteiger partial charge in [0.2, 0.25) is 0 Å². The molecule has 0 radical (unpaired) electrons. The van der Waals surface area contributed by atoms with Gasteiger partial charge in [0.15, 0.2) is 0 Å². The number of rotatable bonds is 4. The first-order chi connectivity index (χ1) is 9.60. The number of benzene rings is 2. The van der Waals surface area contributed by atoms with Crippen LogP contribution >= 0.6 is 15.9 Å². The molecule has 0 aliphatic carbocycles. The van der Waals surface area contributed by atoms with Crippen LogP contribution in [0.1, 0.15) is 17.3 Å². The fourth-order valence-corrected chi connectivity index (χ4v) is 2.11. The first-order valence-corrected chi connectivity index (χ1v) is 6.89. The third-order valence-electron chi connectivity index (χ3n) is 2.53. The van der Waals surface area contributed by atoms with Gasteiger partial charge in [0.1, 0.15) is 11.5 Å². The minimum Gasteiger partial charge on any atom is -0.462 e. The smallest absolute Gasteiger partial charge is 0.338 e. The van der Waals surface area contributed by atoms with Crippen molar-refractivity contribution in [2.75, 3.05) is 12.3 Å². The molecule has 0 heterocycles. The van der Waals surface area contributed by atoms with Crippen LogP contribution in [0.5, 0.6) is 11.5 Å². The van der Waals surface area contributed by atoms with Crippen molar-refractivity contribution in [2.45, 2.75) is 6.92 Å². The summed E-state index contributed by atoms with van der Waals surface area (Å²) < 4.78 is 11.4. The summed E-state index contributed by atoms with van der Waals surface area (Å²) in [6.07, 6.45) is 0. The van der Waals surface area contributed by atoms with Crippen molar-refractivity contribution in [3.63, 3.8) is 0 Å². The summed E-state index contributed by atoms with van der Waals surface area (Å²) in [6.45, 7) is 2.11. The van der Waals surface area contributed by atoms with Crippen LogP contribution in [0, 0.1) is 0 Å². The zero-order valence-corrected chi connectivity index (χ0v) is 12.5. The number of hydrogen-bond donors (Lipinski definition) is 1. The second kappa shape index (κ2) is 6.43. The van der Waals surface area contributed by atoms with Gasteiger partial charge in [-0.25, -0.2) is 4.79 Å². The lowest BCUT2D eigenvalue weighted by molar-refractivity contribution is 0.0526. The van der Waals surface area contributed by atoms with E-state index in [0.717, 1.165) is 4.47 Å². The van der Waals surface area contributed by atoms with Gasteiger partial charge in [-0.1, -0.05) is 6.07 Å². The average molecular weight is 336 g/mol. The second-order valence-corrected chi connectivity index (χ2v) is 4.89. The fourth-order valence-electron chi connectivity index (χ4n) is 1.63. The maximum atomic E-state index is 11.7. The molecule has 0 amide bonds. The molecule has 0 bridgehead atoms. The highest BCUT2D eigenvalue weighted by atomic mass is 79.9. The van der Waals surface area contributed by atoms with Crippen molar-refractivity contribution in [1.29, 1.82) is 0 Å². The molecule has 20 heavy (non-hydrogen) atoms. The molecule has 104 valence electrons. The zero-order valence-electron chi connectivity index (χ0n) is 10.9. The van der Waals surface area contributed by atoms with Crippen LogP contribution < -0.4 is 10.5 Å². The summed E-state index contributed by atoms with van der Waals surface area (Å²) in [5.74, 6) is 0.815. The van der Waals surface area contributed by atoms with Gasteiger partial charge in [-0.3, -0.25) is 0 Å². The van der Waals surface area contributed by atoms with Gasteiger partial charge in [0.05, 0.1) is 16.6 Å². The van der Waals surface area contributed by atoms with E-state index in [1.165, 1.54) is 0 Å². The quantitative estimate of drug-likeness (QED) is 0.677. The summed E-state index contributed by atoms with van der Waals surface area (Å²) in [7, 11) is 0. The lowest BCUT2D eigenvalue weighted by Gasteiger charge is -2.09. The molecule has 0 aliphatic rings. The molecule has 4 nitrogen and oxygen atoms in total. The molecule has 2 aromatic rings. The largest absolute Gasteiger partial charge is 0.462 e. The normalized spacial score (nSPS) is 10.1. The van der Waals surface area contributed by atoms with Gasteiger partial charge in [-0.05, 0) is 59.3 Å². The van der Waals surface area contributed by atoms with Gasteiger partial charge in [0.25, 0.3) is 0 Å². The van der Waals surface area contributed by atoms with E-state index >= 15 is 0 Å². The van der Waals surface area contributed by atoms with Crippen molar-refractivity contribution in [1.82, 2.24) is 0 Å². The molecule has 0 unspecified atom stereocenters. The highest BCUT2D eigenvalue weighted by Gasteiger charge is 2.09. The van der Waals surface area contributed by atoms with E-state index in [4.69, 9.17) is 15.2 Å².